The first kappa shape index (κ1) is 32.1. The average Bonchev–Trinajstić information content (AvgIpc) is 3.89. The van der Waals surface area contributed by atoms with Crippen LogP contribution in [0.2, 0.25) is 0 Å². The molecule has 5 nitrogen and oxygen atoms in total. The molecule has 0 aliphatic heterocycles. The van der Waals surface area contributed by atoms with Crippen LogP contribution in [-0.4, -0.2) is 15.3 Å². The Kier molecular flexibility index (Phi) is 7.23. The molecule has 56 heavy (non-hydrogen) atoms. The van der Waals surface area contributed by atoms with Crippen molar-refractivity contribution in [2.45, 2.75) is 12.8 Å². The maximum absolute atomic E-state index is 6.40. The maximum Gasteiger partial charge on any atom is 0.217 e. The van der Waals surface area contributed by atoms with Gasteiger partial charge in [-0.3, -0.25) is 4.99 Å². The Balaban J connectivity index is 0.987. The highest BCUT2D eigenvalue weighted by Gasteiger charge is 2.18. The zero-order valence-electron chi connectivity index (χ0n) is 30.7. The Morgan fingerprint density at radius 2 is 1.09 bits per heavy atom. The molecule has 0 spiro atoms. The van der Waals surface area contributed by atoms with Crippen LogP contribution < -0.4 is 5.73 Å². The average molecular weight is 721 g/mol. The molecule has 5 heteroatoms. The molecule has 0 aliphatic rings. The summed E-state index contributed by atoms with van der Waals surface area (Å²) in [5, 5.41) is 8.10. The fourth-order valence-corrected chi connectivity index (χ4v) is 8.66. The second-order valence-corrected chi connectivity index (χ2v) is 14.6. The van der Waals surface area contributed by atoms with Gasteiger partial charge in [-0.15, -0.1) is 0 Å². The number of nitrogens with zero attached hydrogens (tertiary/aromatic N) is 3. The Morgan fingerprint density at radius 3 is 1.79 bits per heavy atom. The molecular weight excluding hydrogens is 685 g/mol. The van der Waals surface area contributed by atoms with E-state index in [9.17, 15) is 0 Å². The summed E-state index contributed by atoms with van der Waals surface area (Å²) in [6, 6.07) is 62.9. The van der Waals surface area contributed by atoms with Crippen LogP contribution in [0.1, 0.15) is 18.4 Å². The molecule has 11 rings (SSSR count). The van der Waals surface area contributed by atoms with Crippen LogP contribution in [0.25, 0.3) is 87.9 Å². The third kappa shape index (κ3) is 4.98. The number of furan rings is 1. The summed E-state index contributed by atoms with van der Waals surface area (Å²) < 4.78 is 10.7. The number of rotatable bonds is 6. The number of nitrogens with two attached hydrogens (primary N) is 1. The fourth-order valence-electron chi connectivity index (χ4n) is 8.66. The largest absolute Gasteiger partial charge is 0.439 e. The van der Waals surface area contributed by atoms with Gasteiger partial charge in [0.05, 0.1) is 27.5 Å². The van der Waals surface area contributed by atoms with Crippen LogP contribution in [-0.2, 0) is 0 Å². The standard InChI is InChI=1S/C51H36N4O/c1-32(31-53-50-49-39-17-6-5-12-33(39)24-27-48(49)56-51(50)52)34-13-11-16-38(28-34)55-45-21-10-8-19-41(45)43-30-36(23-26-47(43)55)35-22-25-46-42(29-35)40-18-7-9-20-44(40)54(46)37-14-3-2-4-15-37/h2-32H,52H2,1H3. The maximum atomic E-state index is 6.40. The normalized spacial score (nSPS) is 12.7. The second-order valence-electron chi connectivity index (χ2n) is 14.6. The van der Waals surface area contributed by atoms with E-state index in [0.29, 0.717) is 11.6 Å². The van der Waals surface area contributed by atoms with Gasteiger partial charge in [0.15, 0.2) is 0 Å². The van der Waals surface area contributed by atoms with Crippen LogP contribution in [0.15, 0.2) is 185 Å². The Labute approximate surface area is 323 Å². The number of benzene rings is 8. The summed E-state index contributed by atoms with van der Waals surface area (Å²) >= 11 is 0. The summed E-state index contributed by atoms with van der Waals surface area (Å²) in [5.74, 6) is 0.355. The highest BCUT2D eigenvalue weighted by molar-refractivity contribution is 6.15. The first-order chi connectivity index (χ1) is 27.6. The summed E-state index contributed by atoms with van der Waals surface area (Å²) in [7, 11) is 0. The van der Waals surface area contributed by atoms with Crippen LogP contribution >= 0.6 is 0 Å². The van der Waals surface area contributed by atoms with Gasteiger partial charge in [0.2, 0.25) is 5.88 Å². The van der Waals surface area contributed by atoms with E-state index in [1.807, 2.05) is 24.4 Å². The molecule has 8 aromatic carbocycles. The fraction of sp³-hybridized carbons (Fsp3) is 0.0392. The Hall–Kier alpha value is -7.37. The number of aliphatic imine (C=N–C) groups is 1. The van der Waals surface area contributed by atoms with E-state index in [-0.39, 0.29) is 5.92 Å². The second kappa shape index (κ2) is 12.6. The SMILES string of the molecule is CC(C=Nc1c(N)oc2ccc3ccccc3c12)c1cccc(-n2c3ccccc3c3cc(-c4ccc5c(c4)c4ccccc4n5-c4ccccc4)ccc32)c1. The van der Waals surface area contributed by atoms with E-state index in [4.69, 9.17) is 15.1 Å². The Bertz CT molecular complexity index is 3350. The van der Waals surface area contributed by atoms with E-state index in [2.05, 4.69) is 174 Å². The number of aromatic nitrogens is 2. The molecule has 3 aromatic heterocycles. The van der Waals surface area contributed by atoms with E-state index in [0.717, 1.165) is 38.7 Å². The minimum atomic E-state index is 0.0247. The van der Waals surface area contributed by atoms with Crippen molar-refractivity contribution in [1.82, 2.24) is 9.13 Å². The molecule has 0 saturated heterocycles. The summed E-state index contributed by atoms with van der Waals surface area (Å²) in [4.78, 5) is 4.95. The number of anilines is 1. The number of hydrogen-bond donors (Lipinski definition) is 1. The van der Waals surface area contributed by atoms with Crippen LogP contribution in [0, 0.1) is 0 Å². The molecule has 2 N–H and O–H groups in total. The first-order valence-electron chi connectivity index (χ1n) is 19.1. The van der Waals surface area contributed by atoms with E-state index in [1.165, 1.54) is 54.7 Å². The zero-order chi connectivity index (χ0) is 37.3. The number of nitrogen functional groups attached to an aromatic ring is 1. The monoisotopic (exact) mass is 720 g/mol. The van der Waals surface area contributed by atoms with Crippen molar-refractivity contribution >= 4 is 83.1 Å². The van der Waals surface area contributed by atoms with Crippen molar-refractivity contribution in [2.24, 2.45) is 4.99 Å². The van der Waals surface area contributed by atoms with Crippen molar-refractivity contribution < 1.29 is 4.42 Å². The van der Waals surface area contributed by atoms with Gasteiger partial charge in [-0.25, -0.2) is 0 Å². The lowest BCUT2D eigenvalue weighted by Crippen LogP contribution is -1.99. The number of fused-ring (bicyclic) bond motifs is 9. The van der Waals surface area contributed by atoms with Crippen molar-refractivity contribution in [1.29, 1.82) is 0 Å². The van der Waals surface area contributed by atoms with Crippen molar-refractivity contribution in [3.63, 3.8) is 0 Å². The van der Waals surface area contributed by atoms with Gasteiger partial charge in [-0.2, -0.15) is 0 Å². The van der Waals surface area contributed by atoms with Gasteiger partial charge in [0.25, 0.3) is 0 Å². The molecule has 0 saturated carbocycles. The molecule has 11 aromatic rings. The van der Waals surface area contributed by atoms with Crippen LogP contribution in [0.3, 0.4) is 0 Å². The van der Waals surface area contributed by atoms with Crippen LogP contribution in [0.5, 0.6) is 0 Å². The molecule has 0 aliphatic carbocycles. The molecule has 3 heterocycles. The molecule has 266 valence electrons. The highest BCUT2D eigenvalue weighted by Crippen LogP contribution is 2.41. The first-order valence-corrected chi connectivity index (χ1v) is 19.1. The zero-order valence-corrected chi connectivity index (χ0v) is 30.7. The van der Waals surface area contributed by atoms with Gasteiger partial charge in [0.1, 0.15) is 11.3 Å². The molecular formula is C51H36N4O. The lowest BCUT2D eigenvalue weighted by Gasteiger charge is -2.12. The number of para-hydroxylation sites is 3. The highest BCUT2D eigenvalue weighted by atomic mass is 16.3. The molecule has 0 bridgehead atoms. The molecule has 1 atom stereocenters. The van der Waals surface area contributed by atoms with Gasteiger partial charge < -0.3 is 19.3 Å². The van der Waals surface area contributed by atoms with E-state index in [1.54, 1.807) is 0 Å². The van der Waals surface area contributed by atoms with Gasteiger partial charge >= 0.3 is 0 Å². The van der Waals surface area contributed by atoms with Gasteiger partial charge in [-0.05, 0) is 94.2 Å². The summed E-state index contributed by atoms with van der Waals surface area (Å²) in [5.41, 5.74) is 18.4. The third-order valence-electron chi connectivity index (χ3n) is 11.4. The minimum Gasteiger partial charge on any atom is -0.439 e. The quantitative estimate of drug-likeness (QED) is 0.174. The van der Waals surface area contributed by atoms with Crippen molar-refractivity contribution in [3.05, 3.63) is 181 Å². The van der Waals surface area contributed by atoms with Gasteiger partial charge in [0, 0.05) is 45.1 Å². The minimum absolute atomic E-state index is 0.0247. The lowest BCUT2D eigenvalue weighted by molar-refractivity contribution is 0.638. The number of hydrogen-bond acceptors (Lipinski definition) is 3. The van der Waals surface area contributed by atoms with Crippen LogP contribution in [0.4, 0.5) is 11.6 Å². The van der Waals surface area contributed by atoms with E-state index >= 15 is 0 Å². The summed E-state index contributed by atoms with van der Waals surface area (Å²) in [6.45, 7) is 2.17. The Morgan fingerprint density at radius 1 is 0.518 bits per heavy atom. The molecule has 0 radical (unpaired) electrons. The lowest BCUT2D eigenvalue weighted by atomic mass is 10.0. The van der Waals surface area contributed by atoms with Crippen molar-refractivity contribution in [3.8, 4) is 22.5 Å². The molecule has 0 amide bonds. The predicted molar refractivity (Wildman–Crippen MR) is 235 cm³/mol. The smallest absolute Gasteiger partial charge is 0.217 e. The third-order valence-corrected chi connectivity index (χ3v) is 11.4. The summed E-state index contributed by atoms with van der Waals surface area (Å²) in [6.07, 6.45) is 1.98. The molecule has 0 fully saturated rings. The van der Waals surface area contributed by atoms with E-state index < -0.39 is 0 Å². The predicted octanol–water partition coefficient (Wildman–Crippen LogP) is 13.5. The topological polar surface area (TPSA) is 61.4 Å². The van der Waals surface area contributed by atoms with Crippen molar-refractivity contribution in [2.75, 3.05) is 5.73 Å². The van der Waals surface area contributed by atoms with Gasteiger partial charge in [-0.1, -0.05) is 116 Å². The molecule has 1 unspecified atom stereocenters.